The molecule has 8 heteroatoms. The third kappa shape index (κ3) is 3.44. The summed E-state index contributed by atoms with van der Waals surface area (Å²) in [4.78, 5) is 10.8. The molecule has 2 atom stereocenters. The van der Waals surface area contributed by atoms with Gasteiger partial charge in [-0.3, -0.25) is 0 Å². The molecule has 110 valence electrons. The van der Waals surface area contributed by atoms with Gasteiger partial charge in [-0.2, -0.15) is 0 Å². The van der Waals surface area contributed by atoms with Gasteiger partial charge in [0.1, 0.15) is 0 Å². The molecular weight excluding hydrogens is 327 g/mol. The van der Waals surface area contributed by atoms with Crippen LogP contribution in [0.5, 0.6) is 0 Å². The Morgan fingerprint density at radius 3 is 2.55 bits per heavy atom. The monoisotopic (exact) mass is 338 g/mol. The Morgan fingerprint density at radius 1 is 1.30 bits per heavy atom. The molecule has 0 bridgehead atoms. The SMILES string of the molecule is O=C(O)C1CCC(CS(=O)(=O)c2ccc(Cl)c(Cl)c2)O1. The molecule has 1 fully saturated rings. The number of rotatable bonds is 4. The summed E-state index contributed by atoms with van der Waals surface area (Å²) in [5.41, 5.74) is 0. The number of ether oxygens (including phenoxy) is 1. The summed E-state index contributed by atoms with van der Waals surface area (Å²) >= 11 is 11.5. The highest BCUT2D eigenvalue weighted by Crippen LogP contribution is 2.28. The van der Waals surface area contributed by atoms with E-state index in [0.717, 1.165) is 0 Å². The van der Waals surface area contributed by atoms with Crippen molar-refractivity contribution in [1.29, 1.82) is 0 Å². The summed E-state index contributed by atoms with van der Waals surface area (Å²) in [7, 11) is -3.59. The molecule has 1 aromatic rings. The molecule has 0 radical (unpaired) electrons. The van der Waals surface area contributed by atoms with E-state index in [1.165, 1.54) is 18.2 Å². The Balaban J connectivity index is 2.12. The predicted molar refractivity (Wildman–Crippen MR) is 74.0 cm³/mol. The fraction of sp³-hybridized carbons (Fsp3) is 0.417. The minimum Gasteiger partial charge on any atom is -0.479 e. The van der Waals surface area contributed by atoms with Crippen molar-refractivity contribution >= 4 is 39.0 Å². The number of halogens is 2. The Hall–Kier alpha value is -0.820. The van der Waals surface area contributed by atoms with Gasteiger partial charge in [0.25, 0.3) is 0 Å². The second-order valence-electron chi connectivity index (χ2n) is 4.52. The second-order valence-corrected chi connectivity index (χ2v) is 7.37. The van der Waals surface area contributed by atoms with Crippen LogP contribution in [0, 0.1) is 0 Å². The minimum atomic E-state index is -3.59. The number of carbonyl (C=O) groups is 1. The van der Waals surface area contributed by atoms with Crippen LogP contribution in [0.3, 0.4) is 0 Å². The number of hydrogen-bond acceptors (Lipinski definition) is 4. The normalized spacial score (nSPS) is 22.9. The zero-order valence-corrected chi connectivity index (χ0v) is 12.6. The number of carboxylic acid groups (broad SMARTS) is 1. The van der Waals surface area contributed by atoms with E-state index in [9.17, 15) is 13.2 Å². The van der Waals surface area contributed by atoms with Crippen molar-refractivity contribution in [2.24, 2.45) is 0 Å². The van der Waals surface area contributed by atoms with Crippen LogP contribution in [0.25, 0.3) is 0 Å². The molecule has 20 heavy (non-hydrogen) atoms. The Bertz CT molecular complexity index is 629. The fourth-order valence-electron chi connectivity index (χ4n) is 2.02. The Labute approximate surface area is 126 Å². The molecule has 0 saturated carbocycles. The molecule has 2 unspecified atom stereocenters. The molecule has 1 saturated heterocycles. The molecule has 0 aromatic heterocycles. The molecule has 1 heterocycles. The van der Waals surface area contributed by atoms with Crippen molar-refractivity contribution in [3.8, 4) is 0 Å². The molecule has 0 amide bonds. The van der Waals surface area contributed by atoms with Gasteiger partial charge in [0.15, 0.2) is 15.9 Å². The number of hydrogen-bond donors (Lipinski definition) is 1. The van der Waals surface area contributed by atoms with Gasteiger partial charge in [-0.1, -0.05) is 23.2 Å². The predicted octanol–water partition coefficient (Wildman–Crippen LogP) is 2.40. The standard InChI is InChI=1S/C12H12Cl2O5S/c13-9-3-2-8(5-10(9)14)20(17,18)6-7-1-4-11(19-7)12(15)16/h2-3,5,7,11H,1,4,6H2,(H,15,16). The fourth-order valence-corrected chi connectivity index (χ4v) is 3.88. The van der Waals surface area contributed by atoms with Crippen LogP contribution in [0.1, 0.15) is 12.8 Å². The van der Waals surface area contributed by atoms with E-state index in [0.29, 0.717) is 12.8 Å². The van der Waals surface area contributed by atoms with E-state index in [1.54, 1.807) is 0 Å². The highest BCUT2D eigenvalue weighted by atomic mass is 35.5. The van der Waals surface area contributed by atoms with Crippen molar-refractivity contribution in [2.75, 3.05) is 5.75 Å². The van der Waals surface area contributed by atoms with Gasteiger partial charge in [0, 0.05) is 0 Å². The van der Waals surface area contributed by atoms with Crippen LogP contribution in [0.4, 0.5) is 0 Å². The number of sulfone groups is 1. The molecule has 0 aliphatic carbocycles. The van der Waals surface area contributed by atoms with E-state index in [-0.39, 0.29) is 20.7 Å². The van der Waals surface area contributed by atoms with Gasteiger partial charge in [-0.25, -0.2) is 13.2 Å². The lowest BCUT2D eigenvalue weighted by Gasteiger charge is -2.12. The molecule has 2 rings (SSSR count). The average Bonchev–Trinajstić information content (AvgIpc) is 2.80. The summed E-state index contributed by atoms with van der Waals surface area (Å²) in [6.07, 6.45) is -0.825. The van der Waals surface area contributed by atoms with Gasteiger partial charge in [0.05, 0.1) is 26.8 Å². The molecule has 0 spiro atoms. The van der Waals surface area contributed by atoms with E-state index in [1.807, 2.05) is 0 Å². The maximum absolute atomic E-state index is 12.2. The smallest absolute Gasteiger partial charge is 0.332 e. The first-order chi connectivity index (χ1) is 9.29. The third-order valence-corrected chi connectivity index (χ3v) is 5.56. The van der Waals surface area contributed by atoms with Crippen molar-refractivity contribution < 1.29 is 23.1 Å². The van der Waals surface area contributed by atoms with E-state index >= 15 is 0 Å². The topological polar surface area (TPSA) is 80.7 Å². The van der Waals surface area contributed by atoms with Gasteiger partial charge in [-0.05, 0) is 31.0 Å². The van der Waals surface area contributed by atoms with Crippen LogP contribution >= 0.6 is 23.2 Å². The first kappa shape index (κ1) is 15.6. The van der Waals surface area contributed by atoms with Crippen molar-refractivity contribution in [3.05, 3.63) is 28.2 Å². The van der Waals surface area contributed by atoms with Gasteiger partial charge < -0.3 is 9.84 Å². The quantitative estimate of drug-likeness (QED) is 0.911. The molecule has 1 aromatic carbocycles. The van der Waals surface area contributed by atoms with Crippen molar-refractivity contribution in [1.82, 2.24) is 0 Å². The zero-order valence-electron chi connectivity index (χ0n) is 10.3. The van der Waals surface area contributed by atoms with E-state index in [4.69, 9.17) is 33.0 Å². The van der Waals surface area contributed by atoms with Gasteiger partial charge in [0.2, 0.25) is 0 Å². The molecule has 5 nitrogen and oxygen atoms in total. The van der Waals surface area contributed by atoms with Crippen LogP contribution in [-0.4, -0.2) is 37.5 Å². The summed E-state index contributed by atoms with van der Waals surface area (Å²) in [5, 5.41) is 9.23. The maximum atomic E-state index is 12.2. The summed E-state index contributed by atoms with van der Waals surface area (Å²) in [6, 6.07) is 4.06. The highest BCUT2D eigenvalue weighted by Gasteiger charge is 2.33. The number of aliphatic carboxylic acids is 1. The van der Waals surface area contributed by atoms with Crippen molar-refractivity contribution in [2.45, 2.75) is 29.9 Å². The minimum absolute atomic E-state index is 0.0503. The Kier molecular flexibility index (Phi) is 4.59. The van der Waals surface area contributed by atoms with Gasteiger partial charge >= 0.3 is 5.97 Å². The number of carboxylic acids is 1. The van der Waals surface area contributed by atoms with Gasteiger partial charge in [-0.15, -0.1) is 0 Å². The van der Waals surface area contributed by atoms with Crippen LogP contribution < -0.4 is 0 Å². The molecule has 1 aliphatic rings. The summed E-state index contributed by atoms with van der Waals surface area (Å²) in [6.45, 7) is 0. The Morgan fingerprint density at radius 2 is 2.00 bits per heavy atom. The lowest BCUT2D eigenvalue weighted by Crippen LogP contribution is -2.25. The lowest BCUT2D eigenvalue weighted by molar-refractivity contribution is -0.148. The average molecular weight is 339 g/mol. The van der Waals surface area contributed by atoms with Crippen LogP contribution in [0.2, 0.25) is 10.0 Å². The molecule has 1 N–H and O–H groups in total. The first-order valence-corrected chi connectivity index (χ1v) is 8.26. The van der Waals surface area contributed by atoms with Crippen LogP contribution in [0.15, 0.2) is 23.1 Å². The third-order valence-electron chi connectivity index (χ3n) is 3.04. The largest absolute Gasteiger partial charge is 0.479 e. The van der Waals surface area contributed by atoms with E-state index < -0.39 is 28.0 Å². The number of benzene rings is 1. The maximum Gasteiger partial charge on any atom is 0.332 e. The second kappa shape index (κ2) is 5.89. The zero-order chi connectivity index (χ0) is 14.9. The van der Waals surface area contributed by atoms with Crippen LogP contribution in [-0.2, 0) is 19.4 Å². The first-order valence-electron chi connectivity index (χ1n) is 5.85. The molecule has 1 aliphatic heterocycles. The highest BCUT2D eigenvalue weighted by molar-refractivity contribution is 7.91. The molecular formula is C12H12Cl2O5S. The van der Waals surface area contributed by atoms with Crippen molar-refractivity contribution in [3.63, 3.8) is 0 Å². The lowest BCUT2D eigenvalue weighted by atomic mass is 10.2. The summed E-state index contributed by atoms with van der Waals surface area (Å²) < 4.78 is 29.6. The summed E-state index contributed by atoms with van der Waals surface area (Å²) in [5.74, 6) is -1.34. The van der Waals surface area contributed by atoms with E-state index in [2.05, 4.69) is 0 Å².